The van der Waals surface area contributed by atoms with Crippen LogP contribution < -0.4 is 0 Å². The molecule has 1 N–H and O–H groups in total. The van der Waals surface area contributed by atoms with E-state index in [0.717, 1.165) is 26.1 Å². The van der Waals surface area contributed by atoms with Crippen molar-refractivity contribution in [1.29, 1.82) is 0 Å². The van der Waals surface area contributed by atoms with Gasteiger partial charge in [0.2, 0.25) is 0 Å². The molecular formula is C10H22O3. The molecule has 0 heterocycles. The second-order valence-corrected chi connectivity index (χ2v) is 4.00. The van der Waals surface area contributed by atoms with Crippen LogP contribution in [0.1, 0.15) is 33.6 Å². The highest BCUT2D eigenvalue weighted by atomic mass is 16.5. The summed E-state index contributed by atoms with van der Waals surface area (Å²) in [6.07, 6.45) is 1.64. The van der Waals surface area contributed by atoms with E-state index >= 15 is 0 Å². The number of hydrogen-bond acceptors (Lipinski definition) is 3. The lowest BCUT2D eigenvalue weighted by atomic mass is 10.2. The Morgan fingerprint density at radius 3 is 2.15 bits per heavy atom. The van der Waals surface area contributed by atoms with Crippen LogP contribution in [-0.4, -0.2) is 37.1 Å². The van der Waals surface area contributed by atoms with Gasteiger partial charge in [-0.1, -0.05) is 0 Å². The Hall–Kier alpha value is -0.120. The zero-order valence-electron chi connectivity index (χ0n) is 9.01. The Bertz CT molecular complexity index is 107. The quantitative estimate of drug-likeness (QED) is 0.620. The van der Waals surface area contributed by atoms with E-state index in [4.69, 9.17) is 14.6 Å². The van der Waals surface area contributed by atoms with Crippen molar-refractivity contribution < 1.29 is 14.6 Å². The van der Waals surface area contributed by atoms with Crippen molar-refractivity contribution in [3.63, 3.8) is 0 Å². The minimum Gasteiger partial charge on any atom is -0.396 e. The molecule has 0 aromatic rings. The Morgan fingerprint density at radius 2 is 1.62 bits per heavy atom. The average molecular weight is 190 g/mol. The van der Waals surface area contributed by atoms with Gasteiger partial charge >= 0.3 is 0 Å². The summed E-state index contributed by atoms with van der Waals surface area (Å²) in [6, 6.07) is 0. The molecule has 80 valence electrons. The van der Waals surface area contributed by atoms with Crippen LogP contribution in [0.2, 0.25) is 0 Å². The molecule has 0 atom stereocenters. The molecule has 0 unspecified atom stereocenters. The van der Waals surface area contributed by atoms with Crippen LogP contribution in [0, 0.1) is 0 Å². The molecule has 0 radical (unpaired) electrons. The standard InChI is InChI=1S/C10H22O3/c1-10(2,3)13-9-5-8-12-7-4-6-11/h11H,4-9H2,1-3H3. The maximum atomic E-state index is 8.47. The van der Waals surface area contributed by atoms with Gasteiger partial charge in [-0.2, -0.15) is 0 Å². The summed E-state index contributed by atoms with van der Waals surface area (Å²) in [7, 11) is 0. The number of aliphatic hydroxyl groups is 1. The Kier molecular flexibility index (Phi) is 7.23. The van der Waals surface area contributed by atoms with E-state index in [1.165, 1.54) is 0 Å². The lowest BCUT2D eigenvalue weighted by Crippen LogP contribution is -2.20. The summed E-state index contributed by atoms with van der Waals surface area (Å²) in [4.78, 5) is 0. The third-order valence-electron chi connectivity index (χ3n) is 1.41. The Labute approximate surface area is 81.0 Å². The smallest absolute Gasteiger partial charge is 0.0598 e. The van der Waals surface area contributed by atoms with Gasteiger partial charge in [0, 0.05) is 26.4 Å². The molecule has 0 fully saturated rings. The van der Waals surface area contributed by atoms with Crippen molar-refractivity contribution in [2.75, 3.05) is 26.4 Å². The van der Waals surface area contributed by atoms with E-state index < -0.39 is 0 Å². The molecule has 0 aliphatic heterocycles. The summed E-state index contributed by atoms with van der Waals surface area (Å²) < 4.78 is 10.8. The third kappa shape index (κ3) is 11.9. The van der Waals surface area contributed by atoms with Crippen molar-refractivity contribution in [2.24, 2.45) is 0 Å². The van der Waals surface area contributed by atoms with Crippen molar-refractivity contribution in [1.82, 2.24) is 0 Å². The fraction of sp³-hybridized carbons (Fsp3) is 1.00. The van der Waals surface area contributed by atoms with Crippen LogP contribution >= 0.6 is 0 Å². The predicted molar refractivity (Wildman–Crippen MR) is 52.8 cm³/mol. The molecule has 0 amide bonds. The first-order valence-corrected chi connectivity index (χ1v) is 4.89. The molecule has 0 saturated heterocycles. The Morgan fingerprint density at radius 1 is 1.00 bits per heavy atom. The van der Waals surface area contributed by atoms with Gasteiger partial charge in [0.15, 0.2) is 0 Å². The monoisotopic (exact) mass is 190 g/mol. The highest BCUT2D eigenvalue weighted by Crippen LogP contribution is 2.06. The summed E-state index contributed by atoms with van der Waals surface area (Å²) in [5, 5.41) is 8.47. The molecule has 0 aliphatic rings. The maximum Gasteiger partial charge on any atom is 0.0598 e. The van der Waals surface area contributed by atoms with Gasteiger partial charge in [-0.3, -0.25) is 0 Å². The van der Waals surface area contributed by atoms with Gasteiger partial charge in [0.25, 0.3) is 0 Å². The molecule has 0 rings (SSSR count). The van der Waals surface area contributed by atoms with Crippen molar-refractivity contribution >= 4 is 0 Å². The van der Waals surface area contributed by atoms with E-state index in [1.54, 1.807) is 0 Å². The van der Waals surface area contributed by atoms with Crippen LogP contribution in [-0.2, 0) is 9.47 Å². The summed E-state index contributed by atoms with van der Waals surface area (Å²) in [6.45, 7) is 8.43. The molecule has 0 spiro atoms. The fourth-order valence-corrected chi connectivity index (χ4v) is 0.808. The number of hydrogen-bond donors (Lipinski definition) is 1. The van der Waals surface area contributed by atoms with Crippen LogP contribution in [0.4, 0.5) is 0 Å². The molecule has 0 saturated carbocycles. The second-order valence-electron chi connectivity index (χ2n) is 4.00. The lowest BCUT2D eigenvalue weighted by molar-refractivity contribution is -0.0143. The highest BCUT2D eigenvalue weighted by molar-refractivity contribution is 4.58. The van der Waals surface area contributed by atoms with Crippen LogP contribution in [0.5, 0.6) is 0 Å². The van der Waals surface area contributed by atoms with Crippen LogP contribution in [0.3, 0.4) is 0 Å². The second kappa shape index (κ2) is 7.30. The first-order chi connectivity index (χ1) is 6.06. The first kappa shape index (κ1) is 12.9. The van der Waals surface area contributed by atoms with Crippen molar-refractivity contribution in [3.05, 3.63) is 0 Å². The minimum atomic E-state index is -0.0505. The number of rotatable bonds is 7. The number of ether oxygens (including phenoxy) is 2. The third-order valence-corrected chi connectivity index (χ3v) is 1.41. The average Bonchev–Trinajstić information content (AvgIpc) is 2.01. The molecule has 0 bridgehead atoms. The lowest BCUT2D eigenvalue weighted by Gasteiger charge is -2.19. The molecular weight excluding hydrogens is 168 g/mol. The van der Waals surface area contributed by atoms with Gasteiger partial charge in [-0.15, -0.1) is 0 Å². The fourth-order valence-electron chi connectivity index (χ4n) is 0.808. The Balaban J connectivity index is 3.00. The molecule has 13 heavy (non-hydrogen) atoms. The van der Waals surface area contributed by atoms with E-state index in [0.29, 0.717) is 6.61 Å². The maximum absolute atomic E-state index is 8.47. The molecule has 0 aromatic carbocycles. The van der Waals surface area contributed by atoms with E-state index in [2.05, 4.69) is 0 Å². The zero-order valence-corrected chi connectivity index (χ0v) is 9.01. The van der Waals surface area contributed by atoms with Crippen LogP contribution in [0.15, 0.2) is 0 Å². The first-order valence-electron chi connectivity index (χ1n) is 4.89. The molecule has 3 nitrogen and oxygen atoms in total. The molecule has 0 aliphatic carbocycles. The van der Waals surface area contributed by atoms with E-state index in [-0.39, 0.29) is 12.2 Å². The van der Waals surface area contributed by atoms with E-state index in [9.17, 15) is 0 Å². The molecule has 0 aromatic heterocycles. The van der Waals surface area contributed by atoms with Gasteiger partial charge in [0.05, 0.1) is 5.60 Å². The topological polar surface area (TPSA) is 38.7 Å². The molecule has 3 heteroatoms. The summed E-state index contributed by atoms with van der Waals surface area (Å²) >= 11 is 0. The van der Waals surface area contributed by atoms with Crippen molar-refractivity contribution in [3.8, 4) is 0 Å². The minimum absolute atomic E-state index is 0.0505. The summed E-state index contributed by atoms with van der Waals surface area (Å²) in [5.74, 6) is 0. The predicted octanol–water partition coefficient (Wildman–Crippen LogP) is 1.59. The van der Waals surface area contributed by atoms with Crippen molar-refractivity contribution in [2.45, 2.75) is 39.2 Å². The van der Waals surface area contributed by atoms with Gasteiger partial charge < -0.3 is 14.6 Å². The number of aliphatic hydroxyl groups excluding tert-OH is 1. The van der Waals surface area contributed by atoms with Gasteiger partial charge in [-0.05, 0) is 33.6 Å². The highest BCUT2D eigenvalue weighted by Gasteiger charge is 2.08. The van der Waals surface area contributed by atoms with Gasteiger partial charge in [0.1, 0.15) is 0 Å². The van der Waals surface area contributed by atoms with Crippen LogP contribution in [0.25, 0.3) is 0 Å². The SMILES string of the molecule is CC(C)(C)OCCCOCCCO. The zero-order chi connectivity index (χ0) is 10.2. The normalized spacial score (nSPS) is 12.0. The largest absolute Gasteiger partial charge is 0.396 e. The van der Waals surface area contributed by atoms with E-state index in [1.807, 2.05) is 20.8 Å². The summed E-state index contributed by atoms with van der Waals surface area (Å²) in [5.41, 5.74) is -0.0505. The van der Waals surface area contributed by atoms with Gasteiger partial charge in [-0.25, -0.2) is 0 Å².